The highest BCUT2D eigenvalue weighted by Crippen LogP contribution is 2.36. The van der Waals surface area contributed by atoms with E-state index < -0.39 is 0 Å². The van der Waals surface area contributed by atoms with E-state index >= 15 is 0 Å². The van der Waals surface area contributed by atoms with Crippen molar-refractivity contribution in [3.05, 3.63) is 29.8 Å². The number of benzene rings is 1. The molecule has 104 valence electrons. The molecule has 0 heterocycles. The second-order valence-corrected chi connectivity index (χ2v) is 5.50. The summed E-state index contributed by atoms with van der Waals surface area (Å²) in [6.45, 7) is 0. The van der Waals surface area contributed by atoms with Crippen molar-refractivity contribution in [2.75, 3.05) is 21.2 Å². The van der Waals surface area contributed by atoms with Gasteiger partial charge in [-0.1, -0.05) is 18.6 Å². The fraction of sp³-hybridized carbons (Fsp3) is 0.562. The van der Waals surface area contributed by atoms with Gasteiger partial charge in [0.1, 0.15) is 11.5 Å². The summed E-state index contributed by atoms with van der Waals surface area (Å²) in [4.78, 5) is 14.4. The molecule has 0 saturated heterocycles. The standard InChI is InChI=1S/C16H23NO2/c1-17(2)16(14-9-4-5-10-15(14)18)12-7-6-8-13(11-12)19-3/h6-8,11,14,16H,4-5,9-10H2,1-3H3. The number of hydrogen-bond donors (Lipinski definition) is 0. The van der Waals surface area contributed by atoms with E-state index in [1.54, 1.807) is 7.11 Å². The van der Waals surface area contributed by atoms with Gasteiger partial charge in [0, 0.05) is 18.4 Å². The van der Waals surface area contributed by atoms with E-state index in [9.17, 15) is 4.79 Å². The number of hydrogen-bond acceptors (Lipinski definition) is 3. The quantitative estimate of drug-likeness (QED) is 0.834. The molecule has 19 heavy (non-hydrogen) atoms. The van der Waals surface area contributed by atoms with Gasteiger partial charge in [-0.25, -0.2) is 0 Å². The Bertz CT molecular complexity index is 442. The number of ether oxygens (including phenoxy) is 1. The molecule has 0 spiro atoms. The van der Waals surface area contributed by atoms with Crippen LogP contribution in [0.5, 0.6) is 5.75 Å². The van der Waals surface area contributed by atoms with Crippen molar-refractivity contribution in [3.63, 3.8) is 0 Å². The summed E-state index contributed by atoms with van der Waals surface area (Å²) < 4.78 is 5.30. The number of nitrogens with zero attached hydrogens (tertiary/aromatic N) is 1. The lowest BCUT2D eigenvalue weighted by Crippen LogP contribution is -2.34. The number of rotatable bonds is 4. The molecule has 1 saturated carbocycles. The van der Waals surface area contributed by atoms with Crippen LogP contribution in [0.15, 0.2) is 24.3 Å². The Hall–Kier alpha value is -1.35. The molecule has 1 aromatic rings. The molecule has 2 atom stereocenters. The second-order valence-electron chi connectivity index (χ2n) is 5.50. The van der Waals surface area contributed by atoms with Gasteiger partial charge in [-0.05, 0) is 44.6 Å². The van der Waals surface area contributed by atoms with Gasteiger partial charge in [0.2, 0.25) is 0 Å². The zero-order valence-corrected chi connectivity index (χ0v) is 12.1. The first kappa shape index (κ1) is 14.1. The fourth-order valence-corrected chi connectivity index (χ4v) is 3.06. The molecule has 1 aromatic carbocycles. The molecule has 1 aliphatic rings. The molecule has 1 fully saturated rings. The van der Waals surface area contributed by atoms with Crippen LogP contribution in [-0.2, 0) is 4.79 Å². The van der Waals surface area contributed by atoms with E-state index in [4.69, 9.17) is 4.74 Å². The van der Waals surface area contributed by atoms with Crippen molar-refractivity contribution >= 4 is 5.78 Å². The van der Waals surface area contributed by atoms with E-state index in [1.165, 1.54) is 5.56 Å². The zero-order valence-electron chi connectivity index (χ0n) is 12.1. The third kappa shape index (κ3) is 3.16. The molecular weight excluding hydrogens is 238 g/mol. The first-order valence-electron chi connectivity index (χ1n) is 6.96. The molecule has 0 N–H and O–H groups in total. The van der Waals surface area contributed by atoms with Crippen LogP contribution in [0.2, 0.25) is 0 Å². The molecule has 0 aliphatic heterocycles. The second kappa shape index (κ2) is 6.20. The minimum absolute atomic E-state index is 0.121. The molecule has 1 aliphatic carbocycles. The van der Waals surface area contributed by atoms with Crippen molar-refractivity contribution in [1.82, 2.24) is 4.90 Å². The molecular formula is C16H23NO2. The van der Waals surface area contributed by atoms with E-state index in [-0.39, 0.29) is 12.0 Å². The zero-order chi connectivity index (χ0) is 13.8. The number of ketones is 1. The van der Waals surface area contributed by atoms with Crippen molar-refractivity contribution in [3.8, 4) is 5.75 Å². The average molecular weight is 261 g/mol. The van der Waals surface area contributed by atoms with Crippen LogP contribution in [0.4, 0.5) is 0 Å². The maximum Gasteiger partial charge on any atom is 0.137 e. The lowest BCUT2D eigenvalue weighted by molar-refractivity contribution is -0.126. The van der Waals surface area contributed by atoms with Gasteiger partial charge in [-0.15, -0.1) is 0 Å². The summed E-state index contributed by atoms with van der Waals surface area (Å²) >= 11 is 0. The summed E-state index contributed by atoms with van der Waals surface area (Å²) in [6, 6.07) is 8.24. The number of methoxy groups -OCH3 is 1. The van der Waals surface area contributed by atoms with Crippen molar-refractivity contribution in [2.45, 2.75) is 31.7 Å². The molecule has 0 radical (unpaired) electrons. The minimum Gasteiger partial charge on any atom is -0.497 e. The molecule has 0 aromatic heterocycles. The highest BCUT2D eigenvalue weighted by atomic mass is 16.5. The van der Waals surface area contributed by atoms with Gasteiger partial charge in [0.15, 0.2) is 0 Å². The van der Waals surface area contributed by atoms with Crippen LogP contribution >= 0.6 is 0 Å². The summed E-state index contributed by atoms with van der Waals surface area (Å²) in [6.07, 6.45) is 3.94. The van der Waals surface area contributed by atoms with E-state index in [0.29, 0.717) is 5.78 Å². The number of Topliss-reactive ketones (excluding diaryl/α,β-unsaturated/α-hetero) is 1. The van der Waals surface area contributed by atoms with Gasteiger partial charge < -0.3 is 9.64 Å². The first-order valence-corrected chi connectivity index (χ1v) is 6.96. The van der Waals surface area contributed by atoms with Gasteiger partial charge >= 0.3 is 0 Å². The van der Waals surface area contributed by atoms with Crippen LogP contribution in [0.25, 0.3) is 0 Å². The van der Waals surface area contributed by atoms with Crippen molar-refractivity contribution in [1.29, 1.82) is 0 Å². The summed E-state index contributed by atoms with van der Waals surface area (Å²) in [7, 11) is 5.77. The Labute approximate surface area is 115 Å². The Balaban J connectivity index is 2.30. The molecule has 0 amide bonds. The van der Waals surface area contributed by atoms with Gasteiger partial charge in [-0.2, -0.15) is 0 Å². The normalized spacial score (nSPS) is 21.5. The monoisotopic (exact) mass is 261 g/mol. The first-order chi connectivity index (χ1) is 9.13. The lowest BCUT2D eigenvalue weighted by atomic mass is 9.79. The van der Waals surface area contributed by atoms with Gasteiger partial charge in [0.05, 0.1) is 7.11 Å². The van der Waals surface area contributed by atoms with Crippen LogP contribution in [0.3, 0.4) is 0 Å². The summed E-state index contributed by atoms with van der Waals surface area (Å²) in [5.74, 6) is 1.39. The highest BCUT2D eigenvalue weighted by molar-refractivity contribution is 5.82. The van der Waals surface area contributed by atoms with Crippen molar-refractivity contribution in [2.24, 2.45) is 5.92 Å². The lowest BCUT2D eigenvalue weighted by Gasteiger charge is -2.34. The summed E-state index contributed by atoms with van der Waals surface area (Å²) in [5.41, 5.74) is 1.17. The largest absolute Gasteiger partial charge is 0.497 e. The maximum absolute atomic E-state index is 12.2. The fourth-order valence-electron chi connectivity index (χ4n) is 3.06. The van der Waals surface area contributed by atoms with Crippen LogP contribution in [0, 0.1) is 5.92 Å². The van der Waals surface area contributed by atoms with Crippen LogP contribution < -0.4 is 4.74 Å². The van der Waals surface area contributed by atoms with E-state index in [1.807, 2.05) is 32.3 Å². The highest BCUT2D eigenvalue weighted by Gasteiger charge is 2.32. The molecule has 3 heteroatoms. The Morgan fingerprint density at radius 3 is 2.74 bits per heavy atom. The molecule has 2 unspecified atom stereocenters. The third-order valence-corrected chi connectivity index (χ3v) is 3.97. The number of carbonyl (C=O) groups excluding carboxylic acids is 1. The topological polar surface area (TPSA) is 29.5 Å². The van der Waals surface area contributed by atoms with E-state index in [2.05, 4.69) is 11.0 Å². The smallest absolute Gasteiger partial charge is 0.137 e. The SMILES string of the molecule is COc1cccc(C(C2CCCCC2=O)N(C)C)c1. The molecule has 3 nitrogen and oxygen atoms in total. The molecule has 2 rings (SSSR count). The number of carbonyl (C=O) groups is 1. The van der Waals surface area contributed by atoms with Crippen molar-refractivity contribution < 1.29 is 9.53 Å². The van der Waals surface area contributed by atoms with E-state index in [0.717, 1.165) is 31.4 Å². The maximum atomic E-state index is 12.2. The average Bonchev–Trinajstić information content (AvgIpc) is 2.41. The predicted molar refractivity (Wildman–Crippen MR) is 76.4 cm³/mol. The summed E-state index contributed by atoms with van der Waals surface area (Å²) in [5, 5.41) is 0. The van der Waals surface area contributed by atoms with Crippen LogP contribution in [0.1, 0.15) is 37.3 Å². The Morgan fingerprint density at radius 2 is 2.11 bits per heavy atom. The van der Waals surface area contributed by atoms with Gasteiger partial charge in [0.25, 0.3) is 0 Å². The van der Waals surface area contributed by atoms with Gasteiger partial charge in [-0.3, -0.25) is 4.79 Å². The predicted octanol–water partition coefficient (Wildman–Crippen LogP) is 3.06. The molecule has 0 bridgehead atoms. The van der Waals surface area contributed by atoms with Crippen LogP contribution in [-0.4, -0.2) is 31.9 Å². The Kier molecular flexibility index (Phi) is 4.59. The Morgan fingerprint density at radius 1 is 1.32 bits per heavy atom. The third-order valence-electron chi connectivity index (χ3n) is 3.97. The minimum atomic E-state index is 0.121.